The Kier molecular flexibility index (Phi) is 4.63. The quantitative estimate of drug-likeness (QED) is 0.864. The number of rotatable bonds is 5. The van der Waals surface area contributed by atoms with E-state index >= 15 is 0 Å². The van der Waals surface area contributed by atoms with Crippen molar-refractivity contribution in [3.63, 3.8) is 0 Å². The van der Waals surface area contributed by atoms with Gasteiger partial charge in [0, 0.05) is 19.8 Å². The van der Waals surface area contributed by atoms with E-state index in [9.17, 15) is 9.59 Å². The van der Waals surface area contributed by atoms with Crippen LogP contribution in [0.15, 0.2) is 24.3 Å². The molecule has 0 atom stereocenters. The second kappa shape index (κ2) is 6.55. The summed E-state index contributed by atoms with van der Waals surface area (Å²) in [5.74, 6) is -0.323. The summed E-state index contributed by atoms with van der Waals surface area (Å²) < 4.78 is 5.34. The largest absolute Gasteiger partial charge is 0.381 e. The van der Waals surface area contributed by atoms with Gasteiger partial charge in [-0.2, -0.15) is 0 Å². The lowest BCUT2D eigenvalue weighted by Crippen LogP contribution is -2.55. The number of amides is 2. The first-order valence-corrected chi connectivity index (χ1v) is 8.72. The minimum atomic E-state index is -0.675. The topological polar surface area (TPSA) is 81.4 Å². The van der Waals surface area contributed by atoms with E-state index in [1.807, 2.05) is 25.1 Å². The fourth-order valence-electron chi connectivity index (χ4n) is 3.81. The van der Waals surface area contributed by atoms with Crippen LogP contribution in [-0.4, -0.2) is 31.6 Å². The molecule has 2 fully saturated rings. The summed E-state index contributed by atoms with van der Waals surface area (Å²) in [5.41, 5.74) is 6.74. The van der Waals surface area contributed by atoms with Gasteiger partial charge in [0.15, 0.2) is 0 Å². The third-order valence-electron chi connectivity index (χ3n) is 5.77. The molecule has 1 aliphatic heterocycles. The van der Waals surface area contributed by atoms with Gasteiger partial charge in [-0.3, -0.25) is 9.59 Å². The fourth-order valence-corrected chi connectivity index (χ4v) is 3.81. The standard InChI is InChI=1S/C19H26N2O3/c1-14-4-2-5-15(12-14)19(6-3-7-19)17(23)21-13-18(16(20)22)8-10-24-11-9-18/h2,4-5,12H,3,6-11,13H2,1H3,(H2,20,22)(H,21,23). The van der Waals surface area contributed by atoms with Crippen LogP contribution in [0.5, 0.6) is 0 Å². The number of ether oxygens (including phenoxy) is 1. The van der Waals surface area contributed by atoms with Gasteiger partial charge in [-0.1, -0.05) is 36.2 Å². The average Bonchev–Trinajstić information content (AvgIpc) is 2.53. The van der Waals surface area contributed by atoms with Crippen molar-refractivity contribution in [2.24, 2.45) is 11.1 Å². The SMILES string of the molecule is Cc1cccc(C2(C(=O)NCC3(C(N)=O)CCOCC3)CCC2)c1. The van der Waals surface area contributed by atoms with Crippen molar-refractivity contribution in [2.75, 3.05) is 19.8 Å². The van der Waals surface area contributed by atoms with Crippen LogP contribution in [-0.2, 0) is 19.7 Å². The number of carbonyl (C=O) groups is 2. The maximum atomic E-state index is 13.0. The zero-order valence-corrected chi connectivity index (χ0v) is 14.3. The maximum absolute atomic E-state index is 13.0. The first-order valence-electron chi connectivity index (χ1n) is 8.72. The van der Waals surface area contributed by atoms with E-state index in [0.717, 1.165) is 30.4 Å². The van der Waals surface area contributed by atoms with Gasteiger partial charge < -0.3 is 15.8 Å². The molecule has 5 nitrogen and oxygen atoms in total. The summed E-state index contributed by atoms with van der Waals surface area (Å²) in [7, 11) is 0. The van der Waals surface area contributed by atoms with Crippen LogP contribution >= 0.6 is 0 Å². The highest BCUT2D eigenvalue weighted by atomic mass is 16.5. The predicted octanol–water partition coefficient (Wildman–Crippen LogP) is 1.82. The van der Waals surface area contributed by atoms with Crippen LogP contribution in [0.25, 0.3) is 0 Å². The van der Waals surface area contributed by atoms with Gasteiger partial charge >= 0.3 is 0 Å². The van der Waals surface area contributed by atoms with Gasteiger partial charge in [0.05, 0.1) is 10.8 Å². The molecule has 130 valence electrons. The smallest absolute Gasteiger partial charge is 0.230 e. The Balaban J connectivity index is 1.74. The lowest BCUT2D eigenvalue weighted by Gasteiger charge is -2.42. The number of primary amides is 1. The lowest BCUT2D eigenvalue weighted by atomic mass is 9.63. The summed E-state index contributed by atoms with van der Waals surface area (Å²) in [4.78, 5) is 24.9. The van der Waals surface area contributed by atoms with E-state index in [1.54, 1.807) is 0 Å². The minimum absolute atomic E-state index is 0.0199. The molecule has 1 saturated carbocycles. The van der Waals surface area contributed by atoms with Crippen molar-refractivity contribution in [3.8, 4) is 0 Å². The molecule has 3 N–H and O–H groups in total. The molecule has 2 amide bonds. The number of nitrogens with two attached hydrogens (primary N) is 1. The van der Waals surface area contributed by atoms with E-state index < -0.39 is 10.8 Å². The first-order chi connectivity index (χ1) is 11.5. The predicted molar refractivity (Wildman–Crippen MR) is 91.4 cm³/mol. The molecule has 0 aromatic heterocycles. The lowest BCUT2D eigenvalue weighted by molar-refractivity contribution is -0.136. The highest BCUT2D eigenvalue weighted by molar-refractivity contribution is 5.90. The molecule has 1 aromatic carbocycles. The molecule has 24 heavy (non-hydrogen) atoms. The van der Waals surface area contributed by atoms with Crippen LogP contribution in [0.4, 0.5) is 0 Å². The third kappa shape index (κ3) is 2.93. The Bertz CT molecular complexity index is 631. The molecule has 5 heteroatoms. The second-order valence-corrected chi connectivity index (χ2v) is 7.24. The Morgan fingerprint density at radius 2 is 1.92 bits per heavy atom. The van der Waals surface area contributed by atoms with Crippen molar-refractivity contribution in [1.82, 2.24) is 5.32 Å². The maximum Gasteiger partial charge on any atom is 0.230 e. The van der Waals surface area contributed by atoms with Crippen molar-refractivity contribution >= 4 is 11.8 Å². The Morgan fingerprint density at radius 1 is 1.21 bits per heavy atom. The summed E-state index contributed by atoms with van der Waals surface area (Å²) in [6, 6.07) is 8.17. The first kappa shape index (κ1) is 17.0. The Morgan fingerprint density at radius 3 is 2.46 bits per heavy atom. The van der Waals surface area contributed by atoms with Crippen LogP contribution in [0.3, 0.4) is 0 Å². The molecule has 1 saturated heterocycles. The molecule has 3 rings (SSSR count). The highest BCUT2D eigenvalue weighted by Gasteiger charge is 2.47. The van der Waals surface area contributed by atoms with Crippen molar-refractivity contribution in [1.29, 1.82) is 0 Å². The van der Waals surface area contributed by atoms with Gasteiger partial charge in [0.1, 0.15) is 0 Å². The van der Waals surface area contributed by atoms with Crippen molar-refractivity contribution in [3.05, 3.63) is 35.4 Å². The number of aryl methyl sites for hydroxylation is 1. The van der Waals surface area contributed by atoms with E-state index in [4.69, 9.17) is 10.5 Å². The summed E-state index contributed by atoms with van der Waals surface area (Å²) in [6.45, 7) is 3.37. The molecule has 0 radical (unpaired) electrons. The van der Waals surface area contributed by atoms with E-state index in [2.05, 4.69) is 11.4 Å². The summed E-state index contributed by atoms with van der Waals surface area (Å²) >= 11 is 0. The monoisotopic (exact) mass is 330 g/mol. The molecular formula is C19H26N2O3. The molecule has 2 aliphatic rings. The van der Waals surface area contributed by atoms with Gasteiger partial charge in [0.25, 0.3) is 0 Å². The van der Waals surface area contributed by atoms with E-state index in [0.29, 0.717) is 32.6 Å². The second-order valence-electron chi connectivity index (χ2n) is 7.24. The van der Waals surface area contributed by atoms with Crippen LogP contribution in [0.1, 0.15) is 43.2 Å². The molecule has 1 aromatic rings. The fraction of sp³-hybridized carbons (Fsp3) is 0.579. The van der Waals surface area contributed by atoms with Gasteiger partial charge in [0.2, 0.25) is 11.8 Å². The number of hydrogen-bond donors (Lipinski definition) is 2. The molecular weight excluding hydrogens is 304 g/mol. The average molecular weight is 330 g/mol. The Hall–Kier alpha value is -1.88. The molecule has 0 bridgehead atoms. The molecule has 0 unspecified atom stereocenters. The van der Waals surface area contributed by atoms with Gasteiger partial charge in [-0.25, -0.2) is 0 Å². The van der Waals surface area contributed by atoms with Gasteiger partial charge in [-0.05, 0) is 38.2 Å². The number of carbonyl (C=O) groups excluding carboxylic acids is 2. The summed E-state index contributed by atoms with van der Waals surface area (Å²) in [5, 5.41) is 3.04. The minimum Gasteiger partial charge on any atom is -0.381 e. The third-order valence-corrected chi connectivity index (χ3v) is 5.77. The van der Waals surface area contributed by atoms with Gasteiger partial charge in [-0.15, -0.1) is 0 Å². The van der Waals surface area contributed by atoms with E-state index in [-0.39, 0.29) is 11.8 Å². The highest BCUT2D eigenvalue weighted by Crippen LogP contribution is 2.44. The van der Waals surface area contributed by atoms with Crippen LogP contribution in [0, 0.1) is 12.3 Å². The number of nitrogens with one attached hydrogen (secondary N) is 1. The zero-order valence-electron chi connectivity index (χ0n) is 14.3. The normalized spacial score (nSPS) is 21.5. The number of benzene rings is 1. The molecule has 1 heterocycles. The summed E-state index contributed by atoms with van der Waals surface area (Å²) in [6.07, 6.45) is 3.90. The Labute approximate surface area is 142 Å². The van der Waals surface area contributed by atoms with E-state index in [1.165, 1.54) is 0 Å². The molecule has 0 spiro atoms. The number of hydrogen-bond acceptors (Lipinski definition) is 3. The molecule has 1 aliphatic carbocycles. The van der Waals surface area contributed by atoms with Crippen LogP contribution < -0.4 is 11.1 Å². The van der Waals surface area contributed by atoms with Crippen LogP contribution in [0.2, 0.25) is 0 Å². The zero-order chi connectivity index (χ0) is 17.2. The van der Waals surface area contributed by atoms with Crippen molar-refractivity contribution < 1.29 is 14.3 Å². The van der Waals surface area contributed by atoms with Crippen molar-refractivity contribution in [2.45, 2.75) is 44.4 Å².